The molecule has 3 heteroatoms. The molecular weight excluding hydrogens is 164 g/mol. The number of anilines is 1. The summed E-state index contributed by atoms with van der Waals surface area (Å²) in [6.45, 7) is 0.751. The molecule has 1 heterocycles. The lowest BCUT2D eigenvalue weighted by molar-refractivity contribution is 0.320. The number of para-hydroxylation sites is 1. The molecule has 1 aromatic rings. The van der Waals surface area contributed by atoms with Crippen LogP contribution in [0.4, 0.5) is 5.69 Å². The van der Waals surface area contributed by atoms with Gasteiger partial charge in [0.15, 0.2) is 0 Å². The van der Waals surface area contributed by atoms with E-state index in [-0.39, 0.29) is 0 Å². The molecule has 0 atom stereocenters. The summed E-state index contributed by atoms with van der Waals surface area (Å²) in [6, 6.07) is 7.99. The van der Waals surface area contributed by atoms with Crippen LogP contribution >= 0.6 is 0 Å². The van der Waals surface area contributed by atoms with Crippen molar-refractivity contribution >= 4 is 18.1 Å². The van der Waals surface area contributed by atoms with E-state index in [9.17, 15) is 0 Å². The zero-order valence-electron chi connectivity index (χ0n) is 7.09. The number of benzene rings is 1. The Morgan fingerprint density at radius 1 is 1.38 bits per heavy atom. The third-order valence-electron chi connectivity index (χ3n) is 2.04. The average Bonchev–Trinajstić information content (AvgIpc) is 2.19. The lowest BCUT2D eigenvalue weighted by atomic mass is 10.1. The number of rotatable bonds is 1. The highest BCUT2D eigenvalue weighted by Gasteiger charge is 2.09. The third kappa shape index (κ3) is 1.40. The van der Waals surface area contributed by atoms with Crippen LogP contribution in [-0.2, 0) is 0 Å². The highest BCUT2D eigenvalue weighted by atomic mass is 16.4. The second-order valence-corrected chi connectivity index (χ2v) is 2.84. The summed E-state index contributed by atoms with van der Waals surface area (Å²) in [5.74, 6) is 0. The van der Waals surface area contributed by atoms with E-state index in [0.717, 1.165) is 17.8 Å². The Kier molecular flexibility index (Phi) is 2.00. The predicted octanol–water partition coefficient (Wildman–Crippen LogP) is 1.94. The quantitative estimate of drug-likeness (QED) is 0.305. The maximum Gasteiger partial charge on any atom is 0.135 e. The van der Waals surface area contributed by atoms with Crippen molar-refractivity contribution in [2.24, 2.45) is 5.16 Å². The zero-order valence-corrected chi connectivity index (χ0v) is 7.09. The van der Waals surface area contributed by atoms with Crippen LogP contribution in [0.5, 0.6) is 0 Å². The first-order chi connectivity index (χ1) is 6.42. The molecule has 1 aliphatic heterocycles. The molecule has 0 saturated carbocycles. The molecule has 3 nitrogen and oxygen atoms in total. The van der Waals surface area contributed by atoms with Gasteiger partial charge in [0.1, 0.15) is 6.34 Å². The van der Waals surface area contributed by atoms with Crippen LogP contribution < -0.4 is 4.90 Å². The molecule has 0 fully saturated rings. The molecule has 66 valence electrons. The summed E-state index contributed by atoms with van der Waals surface area (Å²) in [5, 5.41) is 11.5. The van der Waals surface area contributed by atoms with E-state index in [2.05, 4.69) is 11.2 Å². The van der Waals surface area contributed by atoms with Gasteiger partial charge < -0.3 is 10.1 Å². The summed E-state index contributed by atoms with van der Waals surface area (Å²) in [4.78, 5) is 1.88. The van der Waals surface area contributed by atoms with Gasteiger partial charge in [-0.25, -0.2) is 0 Å². The highest BCUT2D eigenvalue weighted by molar-refractivity contribution is 5.86. The van der Waals surface area contributed by atoms with E-state index in [0.29, 0.717) is 0 Å². The summed E-state index contributed by atoms with van der Waals surface area (Å²) in [6.07, 6.45) is 5.52. The van der Waals surface area contributed by atoms with E-state index >= 15 is 0 Å². The van der Waals surface area contributed by atoms with Gasteiger partial charge >= 0.3 is 0 Å². The molecule has 2 rings (SSSR count). The van der Waals surface area contributed by atoms with Crippen LogP contribution in [-0.4, -0.2) is 18.1 Å². The summed E-state index contributed by atoms with van der Waals surface area (Å²) in [5.41, 5.74) is 2.22. The molecule has 1 aromatic carbocycles. The normalized spacial score (nSPS) is 14.9. The van der Waals surface area contributed by atoms with Crippen molar-refractivity contribution in [3.63, 3.8) is 0 Å². The minimum absolute atomic E-state index is 0.751. The largest absolute Gasteiger partial charge is 0.410 e. The minimum atomic E-state index is 0.751. The van der Waals surface area contributed by atoms with Crippen LogP contribution in [0.3, 0.4) is 0 Å². The molecule has 0 amide bonds. The van der Waals surface area contributed by atoms with Crippen molar-refractivity contribution in [2.75, 3.05) is 11.4 Å². The Morgan fingerprint density at radius 3 is 3.08 bits per heavy atom. The molecule has 13 heavy (non-hydrogen) atoms. The Hall–Kier alpha value is -1.77. The van der Waals surface area contributed by atoms with Crippen molar-refractivity contribution in [2.45, 2.75) is 0 Å². The molecule has 0 radical (unpaired) electrons. The first-order valence-corrected chi connectivity index (χ1v) is 4.11. The monoisotopic (exact) mass is 174 g/mol. The van der Waals surface area contributed by atoms with E-state index in [1.54, 1.807) is 0 Å². The molecule has 0 unspecified atom stereocenters. The van der Waals surface area contributed by atoms with Gasteiger partial charge in [-0.05, 0) is 11.6 Å². The van der Waals surface area contributed by atoms with Crippen LogP contribution in [0, 0.1) is 0 Å². The van der Waals surface area contributed by atoms with Gasteiger partial charge in [-0.1, -0.05) is 35.5 Å². The Balaban J connectivity index is 2.43. The number of hydrogen-bond donors (Lipinski definition) is 1. The van der Waals surface area contributed by atoms with Crippen LogP contribution in [0.25, 0.3) is 6.08 Å². The van der Waals surface area contributed by atoms with Gasteiger partial charge in [-0.15, -0.1) is 0 Å². The van der Waals surface area contributed by atoms with E-state index in [1.807, 2.05) is 35.2 Å². The maximum absolute atomic E-state index is 8.45. The summed E-state index contributed by atoms with van der Waals surface area (Å²) in [7, 11) is 0. The topological polar surface area (TPSA) is 35.8 Å². The summed E-state index contributed by atoms with van der Waals surface area (Å²) < 4.78 is 0. The fraction of sp³-hybridized carbons (Fsp3) is 0.100. The van der Waals surface area contributed by atoms with E-state index in [1.165, 1.54) is 6.34 Å². The molecule has 0 bridgehead atoms. The van der Waals surface area contributed by atoms with Crippen LogP contribution in [0.1, 0.15) is 5.56 Å². The SMILES string of the molecule is ON=CN1CC=Cc2ccccc21. The van der Waals surface area contributed by atoms with Crippen molar-refractivity contribution in [3.05, 3.63) is 35.9 Å². The number of nitrogens with zero attached hydrogens (tertiary/aromatic N) is 2. The van der Waals surface area contributed by atoms with Gasteiger partial charge in [-0.2, -0.15) is 0 Å². The van der Waals surface area contributed by atoms with E-state index < -0.39 is 0 Å². The first-order valence-electron chi connectivity index (χ1n) is 4.11. The van der Waals surface area contributed by atoms with Crippen molar-refractivity contribution in [1.82, 2.24) is 0 Å². The van der Waals surface area contributed by atoms with Crippen molar-refractivity contribution < 1.29 is 5.21 Å². The zero-order chi connectivity index (χ0) is 9.10. The Bertz CT molecular complexity index is 358. The third-order valence-corrected chi connectivity index (χ3v) is 2.04. The predicted molar refractivity (Wildman–Crippen MR) is 53.1 cm³/mol. The molecule has 0 aliphatic carbocycles. The van der Waals surface area contributed by atoms with Gasteiger partial charge in [0.25, 0.3) is 0 Å². The van der Waals surface area contributed by atoms with Gasteiger partial charge in [0.05, 0.1) is 0 Å². The fourth-order valence-electron chi connectivity index (χ4n) is 1.45. The molecule has 0 spiro atoms. The van der Waals surface area contributed by atoms with E-state index in [4.69, 9.17) is 5.21 Å². The molecule has 0 aromatic heterocycles. The number of fused-ring (bicyclic) bond motifs is 1. The minimum Gasteiger partial charge on any atom is -0.410 e. The van der Waals surface area contributed by atoms with Crippen LogP contribution in [0.15, 0.2) is 35.5 Å². The Labute approximate surface area is 76.6 Å². The number of hydrogen-bond acceptors (Lipinski definition) is 2. The maximum atomic E-state index is 8.45. The first kappa shape index (κ1) is 7.86. The second kappa shape index (κ2) is 3.31. The Morgan fingerprint density at radius 2 is 2.23 bits per heavy atom. The van der Waals surface area contributed by atoms with Crippen LogP contribution in [0.2, 0.25) is 0 Å². The number of oxime groups is 1. The smallest absolute Gasteiger partial charge is 0.135 e. The molecule has 1 N–H and O–H groups in total. The second-order valence-electron chi connectivity index (χ2n) is 2.84. The molecule has 1 aliphatic rings. The van der Waals surface area contributed by atoms with Gasteiger partial charge in [0.2, 0.25) is 0 Å². The summed E-state index contributed by atoms with van der Waals surface area (Å²) >= 11 is 0. The van der Waals surface area contributed by atoms with Gasteiger partial charge in [0, 0.05) is 12.2 Å². The molecule has 0 saturated heterocycles. The lowest BCUT2D eigenvalue weighted by Gasteiger charge is -2.22. The highest BCUT2D eigenvalue weighted by Crippen LogP contribution is 2.23. The average molecular weight is 174 g/mol. The van der Waals surface area contributed by atoms with Gasteiger partial charge in [-0.3, -0.25) is 0 Å². The van der Waals surface area contributed by atoms with Crippen molar-refractivity contribution in [3.8, 4) is 0 Å². The lowest BCUT2D eigenvalue weighted by Crippen LogP contribution is -2.23. The standard InChI is InChI=1S/C10H10N2O/c13-11-8-12-7-3-5-9-4-1-2-6-10(9)12/h1-6,8,13H,7H2. The fourth-order valence-corrected chi connectivity index (χ4v) is 1.45. The molecular formula is C10H10N2O. The van der Waals surface area contributed by atoms with Crippen molar-refractivity contribution in [1.29, 1.82) is 0 Å².